The van der Waals surface area contributed by atoms with Crippen LogP contribution in [0.15, 0.2) is 115 Å². The lowest BCUT2D eigenvalue weighted by Crippen LogP contribution is -2.68. The summed E-state index contributed by atoms with van der Waals surface area (Å²) in [6.07, 6.45) is -6.90. The van der Waals surface area contributed by atoms with Gasteiger partial charge in [-0.15, -0.1) is 0 Å². The number of imide groups is 1. The number of carbonyl (C=O) groups excluding carboxylic acids is 5. The molecular weight excluding hydrogens is 739 g/mol. The summed E-state index contributed by atoms with van der Waals surface area (Å²) < 4.78 is 27.0. The second-order valence-corrected chi connectivity index (χ2v) is 13.7. The molecule has 1 fully saturated rings. The third-order valence-corrected chi connectivity index (χ3v) is 8.64. The molecule has 2 aliphatic heterocycles. The minimum Gasteiger partial charge on any atom is -0.459 e. The fourth-order valence-electron chi connectivity index (χ4n) is 5.68. The zero-order chi connectivity index (χ0) is 37.0. The third kappa shape index (κ3) is 7.80. The Morgan fingerprint density at radius 3 is 1.52 bits per heavy atom. The van der Waals surface area contributed by atoms with E-state index < -0.39 is 76.7 Å². The zero-order valence-corrected chi connectivity index (χ0v) is 29.0. The Kier molecular flexibility index (Phi) is 10.9. The number of carbonyl (C=O) groups is 5. The SMILES string of the molecule is N=C(O[C@@H]1O[C@H](COC(=O)c2ccccc2)[C@@H](OC(=O)c2ccccc2)[C@H](OC(=O)c2ccccc2)[C@H]1N1C(=O)c2ccccc2C1=O)C(Cl)(Cl)Cl. The van der Waals surface area contributed by atoms with Crippen LogP contribution in [0.25, 0.3) is 0 Å². The van der Waals surface area contributed by atoms with Crippen LogP contribution in [0.2, 0.25) is 0 Å². The summed E-state index contributed by atoms with van der Waals surface area (Å²) in [6, 6.07) is 27.6. The Bertz CT molecular complexity index is 1960. The van der Waals surface area contributed by atoms with Crippen molar-refractivity contribution >= 4 is 70.4 Å². The van der Waals surface area contributed by atoms with Gasteiger partial charge in [0, 0.05) is 0 Å². The number of rotatable bonds is 9. The van der Waals surface area contributed by atoms with Crippen molar-refractivity contribution in [3.8, 4) is 0 Å². The first-order valence-electron chi connectivity index (χ1n) is 15.6. The van der Waals surface area contributed by atoms with Gasteiger partial charge in [0.25, 0.3) is 15.6 Å². The van der Waals surface area contributed by atoms with Gasteiger partial charge in [-0.3, -0.25) is 19.9 Å². The number of hydrogen-bond donors (Lipinski definition) is 1. The number of amides is 2. The van der Waals surface area contributed by atoms with Crippen molar-refractivity contribution in [2.45, 2.75) is 34.4 Å². The van der Waals surface area contributed by atoms with Gasteiger partial charge in [-0.1, -0.05) is 102 Å². The lowest BCUT2D eigenvalue weighted by molar-refractivity contribution is -0.257. The molecule has 52 heavy (non-hydrogen) atoms. The molecule has 0 saturated carbocycles. The molecule has 4 aromatic rings. The van der Waals surface area contributed by atoms with Crippen molar-refractivity contribution < 1.29 is 47.7 Å². The van der Waals surface area contributed by atoms with Crippen LogP contribution in [-0.4, -0.2) is 81.6 Å². The maximum Gasteiger partial charge on any atom is 0.338 e. The molecule has 2 amide bonds. The number of nitrogens with zero attached hydrogens (tertiary/aromatic N) is 1. The number of halogens is 3. The molecule has 2 aliphatic rings. The van der Waals surface area contributed by atoms with Crippen molar-refractivity contribution in [1.82, 2.24) is 4.90 Å². The summed E-state index contributed by atoms with van der Waals surface area (Å²) in [4.78, 5) is 69.2. The van der Waals surface area contributed by atoms with E-state index in [1.165, 1.54) is 48.5 Å². The first-order valence-corrected chi connectivity index (χ1v) is 16.8. The molecular formula is C37H27Cl3N2O10. The summed E-state index contributed by atoms with van der Waals surface area (Å²) in [5.74, 6) is -5.33. The smallest absolute Gasteiger partial charge is 0.338 e. The Labute approximate surface area is 311 Å². The second kappa shape index (κ2) is 15.5. The van der Waals surface area contributed by atoms with Gasteiger partial charge in [0.05, 0.1) is 27.8 Å². The van der Waals surface area contributed by atoms with Crippen molar-refractivity contribution in [2.24, 2.45) is 0 Å². The van der Waals surface area contributed by atoms with Crippen molar-refractivity contribution in [3.05, 3.63) is 143 Å². The average Bonchev–Trinajstić information content (AvgIpc) is 3.40. The van der Waals surface area contributed by atoms with Crippen molar-refractivity contribution in [2.75, 3.05) is 6.61 Å². The molecule has 15 heteroatoms. The van der Waals surface area contributed by atoms with Crippen molar-refractivity contribution in [3.63, 3.8) is 0 Å². The molecule has 0 unspecified atom stereocenters. The minimum atomic E-state index is -2.46. The summed E-state index contributed by atoms with van der Waals surface area (Å²) in [5.41, 5.74) is 0.337. The van der Waals surface area contributed by atoms with E-state index in [-0.39, 0.29) is 27.8 Å². The summed E-state index contributed by atoms with van der Waals surface area (Å²) >= 11 is 17.9. The number of alkyl halides is 3. The molecule has 0 bridgehead atoms. The van der Waals surface area contributed by atoms with E-state index in [9.17, 15) is 24.0 Å². The number of esters is 3. The molecule has 12 nitrogen and oxygen atoms in total. The highest BCUT2D eigenvalue weighted by atomic mass is 35.6. The first-order chi connectivity index (χ1) is 24.9. The molecule has 2 heterocycles. The number of ether oxygens (including phenoxy) is 5. The maximum atomic E-state index is 14.0. The second-order valence-electron chi connectivity index (χ2n) is 11.4. The fourth-order valence-corrected chi connectivity index (χ4v) is 5.81. The standard InChI is InChI=1S/C37H27Cl3N2O10/c38-37(39,40)36(41)52-35-27(42-30(43)24-18-10-11-19-25(24)31(42)44)29(51-34(47)23-16-8-3-9-17-23)28(50-33(46)22-14-6-2-7-15-22)26(49-35)20-48-32(45)21-12-4-1-5-13-21/h1-19,26-29,35,41H,20H2/t26-,27-,28-,29-,35+/m1/s1. The minimum absolute atomic E-state index is 0.00702. The third-order valence-electron chi connectivity index (χ3n) is 8.12. The first kappa shape index (κ1) is 36.5. The molecule has 266 valence electrons. The van der Waals surface area contributed by atoms with Crippen LogP contribution in [0, 0.1) is 5.41 Å². The van der Waals surface area contributed by atoms with Gasteiger partial charge < -0.3 is 23.7 Å². The molecule has 0 aromatic heterocycles. The van der Waals surface area contributed by atoms with Crippen LogP contribution in [-0.2, 0) is 23.7 Å². The maximum absolute atomic E-state index is 14.0. The summed E-state index contributed by atoms with van der Waals surface area (Å²) in [5, 5.41) is 8.37. The van der Waals surface area contributed by atoms with Gasteiger partial charge in [0.15, 0.2) is 12.2 Å². The molecule has 5 atom stereocenters. The average molecular weight is 766 g/mol. The highest BCUT2D eigenvalue weighted by Crippen LogP contribution is 2.38. The largest absolute Gasteiger partial charge is 0.459 e. The van der Waals surface area contributed by atoms with E-state index in [2.05, 4.69) is 0 Å². The van der Waals surface area contributed by atoms with E-state index >= 15 is 0 Å². The molecule has 0 spiro atoms. The van der Waals surface area contributed by atoms with E-state index in [4.69, 9.17) is 63.9 Å². The molecule has 4 aromatic carbocycles. The van der Waals surface area contributed by atoms with Crippen LogP contribution in [0.4, 0.5) is 0 Å². The van der Waals surface area contributed by atoms with Gasteiger partial charge >= 0.3 is 17.9 Å². The lowest BCUT2D eigenvalue weighted by Gasteiger charge is -2.47. The van der Waals surface area contributed by atoms with E-state index in [0.717, 1.165) is 4.90 Å². The van der Waals surface area contributed by atoms with Crippen LogP contribution in [0.5, 0.6) is 0 Å². The summed E-state index contributed by atoms with van der Waals surface area (Å²) in [7, 11) is 0. The topological polar surface area (TPSA) is 159 Å². The number of hydrogen-bond acceptors (Lipinski definition) is 11. The molecule has 6 rings (SSSR count). The highest BCUT2D eigenvalue weighted by molar-refractivity contribution is 6.76. The van der Waals surface area contributed by atoms with Crippen LogP contribution in [0.1, 0.15) is 51.8 Å². The fraction of sp³-hybridized carbons (Fsp3) is 0.189. The molecule has 1 saturated heterocycles. The predicted molar refractivity (Wildman–Crippen MR) is 187 cm³/mol. The molecule has 0 radical (unpaired) electrons. The van der Waals surface area contributed by atoms with Gasteiger partial charge in [-0.25, -0.2) is 14.4 Å². The van der Waals surface area contributed by atoms with Crippen LogP contribution in [0.3, 0.4) is 0 Å². The predicted octanol–water partition coefficient (Wildman–Crippen LogP) is 6.05. The number of benzene rings is 4. The van der Waals surface area contributed by atoms with Gasteiger partial charge in [0.2, 0.25) is 12.2 Å². The van der Waals surface area contributed by atoms with E-state index in [1.54, 1.807) is 66.7 Å². The summed E-state index contributed by atoms with van der Waals surface area (Å²) in [6.45, 7) is -0.643. The number of nitrogens with one attached hydrogen (secondary N) is 1. The Balaban J connectivity index is 1.47. The number of fused-ring (bicyclic) bond motifs is 1. The highest BCUT2D eigenvalue weighted by Gasteiger charge is 2.59. The van der Waals surface area contributed by atoms with E-state index in [1.807, 2.05) is 0 Å². The quantitative estimate of drug-likeness (QED) is 0.0531. The molecule has 1 N–H and O–H groups in total. The Hall–Kier alpha value is -5.27. The van der Waals surface area contributed by atoms with Crippen LogP contribution < -0.4 is 0 Å². The molecule has 0 aliphatic carbocycles. The van der Waals surface area contributed by atoms with E-state index in [0.29, 0.717) is 0 Å². The van der Waals surface area contributed by atoms with Crippen molar-refractivity contribution in [1.29, 1.82) is 5.41 Å². The zero-order valence-electron chi connectivity index (χ0n) is 26.7. The van der Waals surface area contributed by atoms with Crippen LogP contribution >= 0.6 is 34.8 Å². The Morgan fingerprint density at radius 1 is 0.635 bits per heavy atom. The van der Waals surface area contributed by atoms with Gasteiger partial charge in [-0.05, 0) is 48.5 Å². The monoisotopic (exact) mass is 764 g/mol. The lowest BCUT2D eigenvalue weighted by atomic mass is 9.94. The Morgan fingerprint density at radius 2 is 1.06 bits per heavy atom. The normalized spacial score (nSPS) is 21.1. The van der Waals surface area contributed by atoms with Gasteiger partial charge in [0.1, 0.15) is 18.8 Å². The van der Waals surface area contributed by atoms with Gasteiger partial charge in [-0.2, -0.15) is 0 Å².